The molecule has 0 bridgehead atoms. The summed E-state index contributed by atoms with van der Waals surface area (Å²) in [7, 11) is -3.49. The van der Waals surface area contributed by atoms with Gasteiger partial charge in [-0.05, 0) is 18.2 Å². The number of carboxylic acids is 1. The van der Waals surface area contributed by atoms with Crippen LogP contribution in [0.25, 0.3) is 0 Å². The lowest BCUT2D eigenvalue weighted by Crippen LogP contribution is -2.22. The van der Waals surface area contributed by atoms with Crippen molar-refractivity contribution in [1.82, 2.24) is 0 Å². The Kier molecular flexibility index (Phi) is 3.92. The van der Waals surface area contributed by atoms with Gasteiger partial charge in [-0.2, -0.15) is 0 Å². The molecule has 1 aromatic rings. The number of benzene rings is 1. The van der Waals surface area contributed by atoms with Crippen LogP contribution >= 0.6 is 0 Å². The summed E-state index contributed by atoms with van der Waals surface area (Å²) in [5.74, 6) is -3.17. The van der Waals surface area contributed by atoms with E-state index < -0.39 is 27.5 Å². The van der Waals surface area contributed by atoms with E-state index in [9.17, 15) is 23.1 Å². The topological polar surface area (TPSA) is 121 Å². The van der Waals surface area contributed by atoms with Gasteiger partial charge in [0.2, 0.25) is 5.91 Å². The first-order valence-electron chi connectivity index (χ1n) is 4.73. The van der Waals surface area contributed by atoms with E-state index in [1.807, 2.05) is 0 Å². The number of amides is 1. The minimum absolute atomic E-state index is 0.137. The summed E-state index contributed by atoms with van der Waals surface area (Å²) in [6.45, 7) is 0. The second-order valence-electron chi connectivity index (χ2n) is 3.66. The van der Waals surface area contributed by atoms with E-state index in [1.54, 1.807) is 0 Å². The third-order valence-electron chi connectivity index (χ3n) is 1.91. The van der Waals surface area contributed by atoms with Crippen LogP contribution in [0.5, 0.6) is 5.75 Å². The molecule has 8 heteroatoms. The Morgan fingerprint density at radius 3 is 2.44 bits per heavy atom. The molecule has 0 aromatic heterocycles. The van der Waals surface area contributed by atoms with Crippen LogP contribution in [-0.2, 0) is 14.6 Å². The molecule has 1 amide bonds. The van der Waals surface area contributed by atoms with E-state index in [0.717, 1.165) is 24.5 Å². The van der Waals surface area contributed by atoms with E-state index in [-0.39, 0.29) is 17.0 Å². The summed E-state index contributed by atoms with van der Waals surface area (Å²) in [6, 6.07) is 3.29. The van der Waals surface area contributed by atoms with Crippen molar-refractivity contribution in [2.75, 3.05) is 17.3 Å². The fraction of sp³-hybridized carbons (Fsp3) is 0.200. The van der Waals surface area contributed by atoms with Crippen molar-refractivity contribution in [3.05, 3.63) is 23.8 Å². The van der Waals surface area contributed by atoms with E-state index >= 15 is 0 Å². The number of carboxylic acid groups (broad SMARTS) is 1. The van der Waals surface area contributed by atoms with Gasteiger partial charge >= 0.3 is 5.97 Å². The Bertz CT molecular complexity index is 592. The molecule has 0 spiro atoms. The minimum Gasteiger partial charge on any atom is -0.506 e. The SMILES string of the molecule is CS(=O)(=O)CC(=O)Nc1cc(C(=O)O)ccc1O. The molecule has 0 heterocycles. The molecule has 0 saturated carbocycles. The van der Waals surface area contributed by atoms with Gasteiger partial charge in [0.05, 0.1) is 11.3 Å². The molecule has 7 nitrogen and oxygen atoms in total. The van der Waals surface area contributed by atoms with Crippen LogP contribution in [0.3, 0.4) is 0 Å². The standard InChI is InChI=1S/C10H11NO6S/c1-18(16,17)5-9(13)11-7-4-6(10(14)15)2-3-8(7)12/h2-4,12H,5H2,1H3,(H,11,13)(H,14,15). The average Bonchev–Trinajstić information content (AvgIpc) is 2.18. The number of aromatic hydroxyl groups is 1. The lowest BCUT2D eigenvalue weighted by atomic mass is 10.2. The van der Waals surface area contributed by atoms with Gasteiger partial charge in [0.1, 0.15) is 11.5 Å². The second-order valence-corrected chi connectivity index (χ2v) is 5.80. The zero-order valence-corrected chi connectivity index (χ0v) is 10.2. The highest BCUT2D eigenvalue weighted by Crippen LogP contribution is 2.24. The average molecular weight is 273 g/mol. The normalized spacial score (nSPS) is 10.9. The van der Waals surface area contributed by atoms with Crippen LogP contribution in [0.2, 0.25) is 0 Å². The summed E-state index contributed by atoms with van der Waals surface area (Å²) < 4.78 is 21.7. The predicted octanol–water partition coefficient (Wildman–Crippen LogP) is 0.0735. The Morgan fingerprint density at radius 2 is 1.94 bits per heavy atom. The highest BCUT2D eigenvalue weighted by Gasteiger charge is 2.14. The largest absolute Gasteiger partial charge is 0.506 e. The third-order valence-corrected chi connectivity index (χ3v) is 2.70. The number of rotatable bonds is 4. The molecule has 1 rings (SSSR count). The number of phenolic OH excluding ortho intramolecular Hbond substituents is 1. The molecule has 0 radical (unpaired) electrons. The van der Waals surface area contributed by atoms with Crippen LogP contribution in [0, 0.1) is 0 Å². The van der Waals surface area contributed by atoms with Gasteiger partial charge in [0.15, 0.2) is 9.84 Å². The molecule has 18 heavy (non-hydrogen) atoms. The van der Waals surface area contributed by atoms with Gasteiger partial charge in [-0.3, -0.25) is 4.79 Å². The molecule has 0 saturated heterocycles. The van der Waals surface area contributed by atoms with Crippen LogP contribution in [0.1, 0.15) is 10.4 Å². The molecule has 3 N–H and O–H groups in total. The fourth-order valence-electron chi connectivity index (χ4n) is 1.19. The molecule has 0 atom stereocenters. The minimum atomic E-state index is -3.49. The van der Waals surface area contributed by atoms with E-state index in [4.69, 9.17) is 5.11 Å². The molecule has 0 aliphatic rings. The zero-order chi connectivity index (χ0) is 13.9. The van der Waals surface area contributed by atoms with Gasteiger partial charge in [0, 0.05) is 6.26 Å². The predicted molar refractivity (Wildman–Crippen MR) is 63.4 cm³/mol. The highest BCUT2D eigenvalue weighted by molar-refractivity contribution is 7.91. The third kappa shape index (κ3) is 4.06. The maximum Gasteiger partial charge on any atom is 0.335 e. The van der Waals surface area contributed by atoms with Crippen molar-refractivity contribution in [2.45, 2.75) is 0 Å². The molecule has 0 unspecified atom stereocenters. The van der Waals surface area contributed by atoms with Gasteiger partial charge in [-0.1, -0.05) is 0 Å². The van der Waals surface area contributed by atoms with Crippen molar-refractivity contribution in [3.63, 3.8) is 0 Å². The van der Waals surface area contributed by atoms with Crippen molar-refractivity contribution in [3.8, 4) is 5.75 Å². The van der Waals surface area contributed by atoms with Gasteiger partial charge in [-0.25, -0.2) is 13.2 Å². The number of aromatic carboxylic acids is 1. The number of sulfone groups is 1. The van der Waals surface area contributed by atoms with Crippen LogP contribution < -0.4 is 5.32 Å². The summed E-state index contributed by atoms with van der Waals surface area (Å²) in [6.07, 6.45) is 0.889. The molecule has 1 aromatic carbocycles. The number of hydrogen-bond acceptors (Lipinski definition) is 5. The quantitative estimate of drug-likeness (QED) is 0.668. The molecular weight excluding hydrogens is 262 g/mol. The first-order valence-corrected chi connectivity index (χ1v) is 6.79. The lowest BCUT2D eigenvalue weighted by Gasteiger charge is -2.07. The first kappa shape index (κ1) is 14.0. The summed E-state index contributed by atoms with van der Waals surface area (Å²) >= 11 is 0. The van der Waals surface area contributed by atoms with Crippen molar-refractivity contribution < 1.29 is 28.2 Å². The van der Waals surface area contributed by atoms with Crippen molar-refractivity contribution >= 4 is 27.4 Å². The molecule has 98 valence electrons. The van der Waals surface area contributed by atoms with Crippen molar-refractivity contribution in [2.24, 2.45) is 0 Å². The Balaban J connectivity index is 2.93. The maximum absolute atomic E-state index is 11.3. The summed E-state index contributed by atoms with van der Waals surface area (Å²) in [5, 5.41) is 20.3. The summed E-state index contributed by atoms with van der Waals surface area (Å²) in [5.41, 5.74) is -0.286. The molecule has 0 aliphatic carbocycles. The molecular formula is C10H11NO6S. The number of carbonyl (C=O) groups excluding carboxylic acids is 1. The van der Waals surface area contributed by atoms with Crippen LogP contribution in [-0.4, -0.2) is 42.5 Å². The molecule has 0 fully saturated rings. The van der Waals surface area contributed by atoms with Crippen LogP contribution in [0.15, 0.2) is 18.2 Å². The van der Waals surface area contributed by atoms with Gasteiger partial charge in [0.25, 0.3) is 0 Å². The number of hydrogen-bond donors (Lipinski definition) is 3. The lowest BCUT2D eigenvalue weighted by molar-refractivity contribution is -0.113. The van der Waals surface area contributed by atoms with Crippen molar-refractivity contribution in [1.29, 1.82) is 0 Å². The number of carbonyl (C=O) groups is 2. The monoisotopic (exact) mass is 273 g/mol. The van der Waals surface area contributed by atoms with Gasteiger partial charge < -0.3 is 15.5 Å². The van der Waals surface area contributed by atoms with Gasteiger partial charge in [-0.15, -0.1) is 0 Å². The van der Waals surface area contributed by atoms with Crippen LogP contribution in [0.4, 0.5) is 5.69 Å². The first-order chi connectivity index (χ1) is 8.19. The fourth-order valence-corrected chi connectivity index (χ4v) is 1.74. The highest BCUT2D eigenvalue weighted by atomic mass is 32.2. The van der Waals surface area contributed by atoms with E-state index in [0.29, 0.717) is 0 Å². The molecule has 0 aliphatic heterocycles. The number of phenols is 1. The summed E-state index contributed by atoms with van der Waals surface area (Å²) in [4.78, 5) is 22.0. The zero-order valence-electron chi connectivity index (χ0n) is 9.37. The Labute approximate surface area is 103 Å². The Hall–Kier alpha value is -2.09. The number of anilines is 1. The second kappa shape index (κ2) is 5.05. The Morgan fingerprint density at radius 1 is 1.33 bits per heavy atom. The van der Waals surface area contributed by atoms with E-state index in [2.05, 4.69) is 5.32 Å². The maximum atomic E-state index is 11.3. The smallest absolute Gasteiger partial charge is 0.335 e. The number of nitrogens with one attached hydrogen (secondary N) is 1. The van der Waals surface area contributed by atoms with E-state index in [1.165, 1.54) is 0 Å².